The van der Waals surface area contributed by atoms with Gasteiger partial charge >= 0.3 is 0 Å². The summed E-state index contributed by atoms with van der Waals surface area (Å²) in [6.45, 7) is 3.84. The number of aliphatic imine (C=N–C) groups is 1. The molecule has 5 heteroatoms. The molecular formula is C14H24N4O. The first-order valence-electron chi connectivity index (χ1n) is 6.62. The molecule has 1 aromatic heterocycles. The number of hydrogen-bond acceptors (Lipinski definition) is 3. The molecule has 0 spiro atoms. The summed E-state index contributed by atoms with van der Waals surface area (Å²) in [6, 6.07) is 3.90. The molecule has 0 aliphatic heterocycles. The summed E-state index contributed by atoms with van der Waals surface area (Å²) in [7, 11) is 5.48. The van der Waals surface area contributed by atoms with Crippen molar-refractivity contribution < 1.29 is 4.74 Å². The van der Waals surface area contributed by atoms with Gasteiger partial charge in [-0.2, -0.15) is 0 Å². The predicted octanol–water partition coefficient (Wildman–Crippen LogP) is 1.90. The molecule has 1 aromatic rings. The first-order chi connectivity index (χ1) is 9.22. The fraction of sp³-hybridized carbons (Fsp3) is 0.571. The Hall–Kier alpha value is -1.78. The Morgan fingerprint density at radius 3 is 2.95 bits per heavy atom. The second-order valence-corrected chi connectivity index (χ2v) is 4.35. The topological polar surface area (TPSA) is 49.8 Å². The van der Waals surface area contributed by atoms with Crippen molar-refractivity contribution in [3.05, 3.63) is 23.9 Å². The fourth-order valence-electron chi connectivity index (χ4n) is 1.80. The lowest BCUT2D eigenvalue weighted by Crippen LogP contribution is -2.39. The highest BCUT2D eigenvalue weighted by Crippen LogP contribution is 2.12. The van der Waals surface area contributed by atoms with Gasteiger partial charge in [0.1, 0.15) is 0 Å². The largest absolute Gasteiger partial charge is 0.481 e. The summed E-state index contributed by atoms with van der Waals surface area (Å²) < 4.78 is 5.23. The number of unbranched alkanes of at least 4 members (excludes halogenated alkanes) is 1. The summed E-state index contributed by atoms with van der Waals surface area (Å²) in [5.41, 5.74) is 1.02. The Morgan fingerprint density at radius 2 is 2.32 bits per heavy atom. The van der Waals surface area contributed by atoms with E-state index in [2.05, 4.69) is 27.1 Å². The molecule has 0 bridgehead atoms. The van der Waals surface area contributed by atoms with Crippen molar-refractivity contribution in [2.45, 2.75) is 26.3 Å². The Kier molecular flexibility index (Phi) is 6.71. The van der Waals surface area contributed by atoms with E-state index >= 15 is 0 Å². The molecule has 0 radical (unpaired) electrons. The molecule has 0 aliphatic carbocycles. The molecule has 0 aromatic carbocycles. The molecule has 0 fully saturated rings. The van der Waals surface area contributed by atoms with Crippen molar-refractivity contribution in [2.75, 3.05) is 27.7 Å². The van der Waals surface area contributed by atoms with Gasteiger partial charge in [0.15, 0.2) is 5.96 Å². The number of hydrogen-bond donors (Lipinski definition) is 1. The molecule has 0 unspecified atom stereocenters. The monoisotopic (exact) mass is 264 g/mol. The number of guanidine groups is 1. The highest BCUT2D eigenvalue weighted by Gasteiger charge is 2.07. The zero-order chi connectivity index (χ0) is 14.1. The Bertz CT molecular complexity index is 406. The van der Waals surface area contributed by atoms with Gasteiger partial charge in [0.25, 0.3) is 0 Å². The van der Waals surface area contributed by atoms with Crippen LogP contribution >= 0.6 is 0 Å². The van der Waals surface area contributed by atoms with E-state index in [1.165, 1.54) is 6.42 Å². The van der Waals surface area contributed by atoms with Crippen LogP contribution in [0, 0.1) is 0 Å². The maximum absolute atomic E-state index is 5.23. The molecule has 0 saturated heterocycles. The summed E-state index contributed by atoms with van der Waals surface area (Å²) in [5.74, 6) is 1.54. The normalized spacial score (nSPS) is 11.3. The molecule has 106 valence electrons. The van der Waals surface area contributed by atoms with Gasteiger partial charge in [0, 0.05) is 38.9 Å². The molecule has 0 amide bonds. The van der Waals surface area contributed by atoms with Crippen LogP contribution in [0.5, 0.6) is 5.88 Å². The van der Waals surface area contributed by atoms with Crippen LogP contribution in [0.4, 0.5) is 0 Å². The van der Waals surface area contributed by atoms with Crippen molar-refractivity contribution >= 4 is 5.96 Å². The minimum absolute atomic E-state index is 0.653. The Labute approximate surface area is 115 Å². The van der Waals surface area contributed by atoms with E-state index in [0.29, 0.717) is 12.4 Å². The van der Waals surface area contributed by atoms with E-state index in [0.717, 1.165) is 24.5 Å². The van der Waals surface area contributed by atoms with Crippen molar-refractivity contribution in [3.8, 4) is 5.88 Å². The number of nitrogens with zero attached hydrogens (tertiary/aromatic N) is 3. The smallest absolute Gasteiger partial charge is 0.218 e. The zero-order valence-corrected chi connectivity index (χ0v) is 12.3. The molecule has 19 heavy (non-hydrogen) atoms. The van der Waals surface area contributed by atoms with Crippen molar-refractivity contribution in [2.24, 2.45) is 4.99 Å². The number of ether oxygens (including phenoxy) is 1. The molecule has 1 heterocycles. The minimum atomic E-state index is 0.653. The van der Waals surface area contributed by atoms with E-state index < -0.39 is 0 Å². The SMILES string of the molecule is CCCCN(C)C(=NC)NCc1cccnc1OC. The number of aromatic nitrogens is 1. The van der Waals surface area contributed by atoms with Gasteiger partial charge in [-0.15, -0.1) is 0 Å². The van der Waals surface area contributed by atoms with E-state index in [1.54, 1.807) is 20.4 Å². The van der Waals surface area contributed by atoms with Gasteiger partial charge in [-0.05, 0) is 12.5 Å². The third-order valence-corrected chi connectivity index (χ3v) is 2.90. The van der Waals surface area contributed by atoms with Gasteiger partial charge in [0.05, 0.1) is 7.11 Å². The van der Waals surface area contributed by atoms with Gasteiger partial charge in [-0.3, -0.25) is 4.99 Å². The van der Waals surface area contributed by atoms with Gasteiger partial charge in [-0.1, -0.05) is 19.4 Å². The maximum Gasteiger partial charge on any atom is 0.218 e. The predicted molar refractivity (Wildman–Crippen MR) is 78.5 cm³/mol. The van der Waals surface area contributed by atoms with Crippen molar-refractivity contribution in [1.29, 1.82) is 0 Å². The van der Waals surface area contributed by atoms with Crippen LogP contribution in [-0.2, 0) is 6.54 Å². The summed E-state index contributed by atoms with van der Waals surface area (Å²) in [4.78, 5) is 10.6. The average molecular weight is 264 g/mol. The Morgan fingerprint density at radius 1 is 1.53 bits per heavy atom. The van der Waals surface area contributed by atoms with Crippen LogP contribution in [0.2, 0.25) is 0 Å². The number of nitrogens with one attached hydrogen (secondary N) is 1. The molecule has 5 nitrogen and oxygen atoms in total. The van der Waals surface area contributed by atoms with Crippen LogP contribution in [-0.4, -0.2) is 43.6 Å². The summed E-state index contributed by atoms with van der Waals surface area (Å²) in [6.07, 6.45) is 4.07. The van der Waals surface area contributed by atoms with E-state index in [-0.39, 0.29) is 0 Å². The highest BCUT2D eigenvalue weighted by molar-refractivity contribution is 5.79. The number of pyridine rings is 1. The first-order valence-corrected chi connectivity index (χ1v) is 6.62. The van der Waals surface area contributed by atoms with Crippen LogP contribution in [0.25, 0.3) is 0 Å². The van der Waals surface area contributed by atoms with Gasteiger partial charge < -0.3 is 15.0 Å². The molecule has 0 saturated carbocycles. The fourth-order valence-corrected chi connectivity index (χ4v) is 1.80. The second kappa shape index (κ2) is 8.34. The van der Waals surface area contributed by atoms with Crippen LogP contribution in [0.15, 0.2) is 23.3 Å². The lowest BCUT2D eigenvalue weighted by atomic mass is 10.2. The number of rotatable bonds is 6. The van der Waals surface area contributed by atoms with Crippen molar-refractivity contribution in [1.82, 2.24) is 15.2 Å². The summed E-state index contributed by atoms with van der Waals surface area (Å²) in [5, 5.41) is 3.33. The van der Waals surface area contributed by atoms with Crippen molar-refractivity contribution in [3.63, 3.8) is 0 Å². The Balaban J connectivity index is 2.58. The third kappa shape index (κ3) is 4.77. The van der Waals surface area contributed by atoms with E-state index in [1.807, 2.05) is 19.2 Å². The lowest BCUT2D eigenvalue weighted by Gasteiger charge is -2.22. The highest BCUT2D eigenvalue weighted by atomic mass is 16.5. The van der Waals surface area contributed by atoms with E-state index in [4.69, 9.17) is 4.74 Å². The molecule has 1 rings (SSSR count). The first kappa shape index (κ1) is 15.3. The maximum atomic E-state index is 5.23. The quantitative estimate of drug-likeness (QED) is 0.630. The van der Waals surface area contributed by atoms with Crippen LogP contribution < -0.4 is 10.1 Å². The second-order valence-electron chi connectivity index (χ2n) is 4.35. The van der Waals surface area contributed by atoms with Gasteiger partial charge in [0.2, 0.25) is 5.88 Å². The van der Waals surface area contributed by atoms with Crippen LogP contribution in [0.1, 0.15) is 25.3 Å². The molecule has 1 N–H and O–H groups in total. The van der Waals surface area contributed by atoms with E-state index in [9.17, 15) is 0 Å². The molecular weight excluding hydrogens is 240 g/mol. The average Bonchev–Trinajstić information content (AvgIpc) is 2.46. The minimum Gasteiger partial charge on any atom is -0.481 e. The standard InChI is InChI=1S/C14H24N4O/c1-5-6-10-18(3)14(15-2)17-11-12-8-7-9-16-13(12)19-4/h7-9H,5-6,10-11H2,1-4H3,(H,15,17). The van der Waals surface area contributed by atoms with Crippen LogP contribution in [0.3, 0.4) is 0 Å². The summed E-state index contributed by atoms with van der Waals surface area (Å²) >= 11 is 0. The number of methoxy groups -OCH3 is 1. The van der Waals surface area contributed by atoms with Gasteiger partial charge in [-0.25, -0.2) is 4.98 Å². The third-order valence-electron chi connectivity index (χ3n) is 2.90. The zero-order valence-electron chi connectivity index (χ0n) is 12.3. The lowest BCUT2D eigenvalue weighted by molar-refractivity contribution is 0.391. The molecule has 0 aliphatic rings. The molecule has 0 atom stereocenters.